The molecule has 1 heterocycles. The van der Waals surface area contributed by atoms with Crippen molar-refractivity contribution in [1.82, 2.24) is 15.6 Å². The summed E-state index contributed by atoms with van der Waals surface area (Å²) >= 11 is 1.67. The molecule has 0 aliphatic carbocycles. The number of nitrogens with zero attached hydrogens (tertiary/aromatic N) is 1. The average molecular weight is 299 g/mol. The zero-order chi connectivity index (χ0) is 15.1. The maximum absolute atomic E-state index is 11.7. The van der Waals surface area contributed by atoms with Crippen molar-refractivity contribution >= 4 is 17.4 Å². The largest absolute Gasteiger partial charge is 0.396 e. The van der Waals surface area contributed by atoms with E-state index >= 15 is 0 Å². The molecule has 5 nitrogen and oxygen atoms in total. The number of thiazole rings is 1. The highest BCUT2D eigenvalue weighted by atomic mass is 32.1. The number of aliphatic hydroxyl groups excluding tert-OH is 1. The van der Waals surface area contributed by atoms with Crippen molar-refractivity contribution in [3.05, 3.63) is 16.1 Å². The minimum absolute atomic E-state index is 0.0490. The first-order valence-corrected chi connectivity index (χ1v) is 7.91. The number of urea groups is 1. The van der Waals surface area contributed by atoms with Gasteiger partial charge < -0.3 is 15.7 Å². The molecule has 20 heavy (non-hydrogen) atoms. The summed E-state index contributed by atoms with van der Waals surface area (Å²) in [6, 6.07) is -0.246. The Morgan fingerprint density at radius 3 is 2.65 bits per heavy atom. The zero-order valence-electron chi connectivity index (χ0n) is 12.6. The van der Waals surface area contributed by atoms with Crippen molar-refractivity contribution in [3.8, 4) is 0 Å². The molecule has 2 amide bonds. The number of aromatic nitrogens is 1. The van der Waals surface area contributed by atoms with Crippen molar-refractivity contribution < 1.29 is 9.90 Å². The number of carbonyl (C=O) groups is 1. The summed E-state index contributed by atoms with van der Waals surface area (Å²) in [6.07, 6.45) is 0.737. The Bertz CT molecular complexity index is 420. The van der Waals surface area contributed by atoms with Crippen LogP contribution in [0, 0.1) is 5.92 Å². The molecule has 0 radical (unpaired) electrons. The summed E-state index contributed by atoms with van der Waals surface area (Å²) in [5.41, 5.74) is 1.02. The van der Waals surface area contributed by atoms with E-state index in [1.54, 1.807) is 11.3 Å². The van der Waals surface area contributed by atoms with E-state index in [9.17, 15) is 4.79 Å². The lowest BCUT2D eigenvalue weighted by molar-refractivity contribution is 0.200. The van der Waals surface area contributed by atoms with Crippen LogP contribution in [0.3, 0.4) is 0 Å². The summed E-state index contributed by atoms with van der Waals surface area (Å²) in [4.78, 5) is 16.2. The first-order valence-electron chi connectivity index (χ1n) is 7.03. The topological polar surface area (TPSA) is 74.2 Å². The van der Waals surface area contributed by atoms with Crippen molar-refractivity contribution in [3.63, 3.8) is 0 Å². The molecule has 0 aliphatic heterocycles. The van der Waals surface area contributed by atoms with E-state index in [0.29, 0.717) is 12.5 Å². The third-order valence-corrected chi connectivity index (χ3v) is 4.42. The minimum atomic E-state index is -0.197. The number of rotatable bonds is 7. The number of hydrogen-bond acceptors (Lipinski definition) is 4. The third kappa shape index (κ3) is 5.46. The fourth-order valence-electron chi connectivity index (χ4n) is 1.56. The van der Waals surface area contributed by atoms with Crippen LogP contribution >= 0.6 is 11.3 Å². The Morgan fingerprint density at radius 1 is 1.40 bits per heavy atom. The molecule has 0 saturated carbocycles. The van der Waals surface area contributed by atoms with Gasteiger partial charge in [-0.2, -0.15) is 0 Å². The Kier molecular flexibility index (Phi) is 6.95. The van der Waals surface area contributed by atoms with Crippen LogP contribution in [0.25, 0.3) is 0 Å². The Morgan fingerprint density at radius 2 is 2.10 bits per heavy atom. The molecule has 6 heteroatoms. The van der Waals surface area contributed by atoms with Gasteiger partial charge in [0.1, 0.15) is 0 Å². The Hall–Kier alpha value is -1.14. The molecule has 0 aromatic carbocycles. The summed E-state index contributed by atoms with van der Waals surface area (Å²) < 4.78 is 0. The summed E-state index contributed by atoms with van der Waals surface area (Å²) in [5, 5.41) is 17.8. The lowest BCUT2D eigenvalue weighted by atomic mass is 10.1. The quantitative estimate of drug-likeness (QED) is 0.722. The molecule has 0 bridgehead atoms. The first kappa shape index (κ1) is 16.9. The first-order chi connectivity index (χ1) is 9.43. The molecule has 1 aromatic rings. The van der Waals surface area contributed by atoms with Gasteiger partial charge in [-0.05, 0) is 12.8 Å². The maximum Gasteiger partial charge on any atom is 0.315 e. The second kappa shape index (κ2) is 8.21. The standard InChI is InChI=1S/C14H25N3O2S/c1-9(2)13-17-12(8-20-13)5-6-15-14(19)16-11(4)10(3)7-18/h8-11,18H,5-7H2,1-4H3,(H2,15,16,19). The van der Waals surface area contributed by atoms with Crippen LogP contribution in [0.2, 0.25) is 0 Å². The van der Waals surface area contributed by atoms with Gasteiger partial charge in [-0.15, -0.1) is 11.3 Å². The minimum Gasteiger partial charge on any atom is -0.396 e. The molecule has 1 aromatic heterocycles. The lowest BCUT2D eigenvalue weighted by Crippen LogP contribution is -2.44. The van der Waals surface area contributed by atoms with E-state index in [1.165, 1.54) is 0 Å². The number of aliphatic hydroxyl groups is 1. The van der Waals surface area contributed by atoms with Crippen LogP contribution in [0.1, 0.15) is 44.3 Å². The van der Waals surface area contributed by atoms with E-state index in [0.717, 1.165) is 17.1 Å². The van der Waals surface area contributed by atoms with Gasteiger partial charge in [-0.25, -0.2) is 9.78 Å². The van der Waals surface area contributed by atoms with E-state index in [-0.39, 0.29) is 24.6 Å². The highest BCUT2D eigenvalue weighted by Gasteiger charge is 2.13. The van der Waals surface area contributed by atoms with Crippen LogP contribution in [0.4, 0.5) is 4.79 Å². The second-order valence-corrected chi connectivity index (χ2v) is 6.32. The molecule has 0 saturated heterocycles. The number of hydrogen-bond donors (Lipinski definition) is 3. The molecule has 114 valence electrons. The summed E-state index contributed by atoms with van der Waals surface area (Å²) in [6.45, 7) is 8.66. The average Bonchev–Trinajstić information content (AvgIpc) is 2.86. The molecule has 3 N–H and O–H groups in total. The Labute approximate surface area is 124 Å². The summed E-state index contributed by atoms with van der Waals surface area (Å²) in [7, 11) is 0. The normalized spacial score (nSPS) is 14.1. The molecule has 1 rings (SSSR count). The van der Waals surface area contributed by atoms with Crippen LogP contribution in [-0.2, 0) is 6.42 Å². The number of nitrogens with one attached hydrogen (secondary N) is 2. The smallest absolute Gasteiger partial charge is 0.315 e. The van der Waals surface area contributed by atoms with Crippen molar-refractivity contribution in [1.29, 1.82) is 0 Å². The predicted molar refractivity (Wildman–Crippen MR) is 82.2 cm³/mol. The van der Waals surface area contributed by atoms with E-state index in [1.807, 2.05) is 19.2 Å². The van der Waals surface area contributed by atoms with Gasteiger partial charge in [0, 0.05) is 36.9 Å². The van der Waals surface area contributed by atoms with Gasteiger partial charge in [-0.1, -0.05) is 20.8 Å². The van der Waals surface area contributed by atoms with Gasteiger partial charge in [0.2, 0.25) is 0 Å². The molecular weight excluding hydrogens is 274 g/mol. The van der Waals surface area contributed by atoms with Crippen molar-refractivity contribution in [2.45, 2.75) is 46.1 Å². The van der Waals surface area contributed by atoms with E-state index in [2.05, 4.69) is 29.5 Å². The van der Waals surface area contributed by atoms with Crippen molar-refractivity contribution in [2.24, 2.45) is 5.92 Å². The monoisotopic (exact) mass is 299 g/mol. The predicted octanol–water partition coefficient (Wildman–Crippen LogP) is 2.13. The van der Waals surface area contributed by atoms with Gasteiger partial charge in [-0.3, -0.25) is 0 Å². The molecule has 2 unspecified atom stereocenters. The number of amides is 2. The van der Waals surface area contributed by atoms with Gasteiger partial charge in [0.25, 0.3) is 0 Å². The molecule has 0 fully saturated rings. The van der Waals surface area contributed by atoms with Crippen molar-refractivity contribution in [2.75, 3.05) is 13.2 Å². The molecule has 2 atom stereocenters. The van der Waals surface area contributed by atoms with Crippen LogP contribution in [0.15, 0.2) is 5.38 Å². The molecule has 0 spiro atoms. The molecular formula is C14H25N3O2S. The fraction of sp³-hybridized carbons (Fsp3) is 0.714. The fourth-order valence-corrected chi connectivity index (χ4v) is 2.43. The highest BCUT2D eigenvalue weighted by Crippen LogP contribution is 2.19. The number of carbonyl (C=O) groups excluding carboxylic acids is 1. The Balaban J connectivity index is 2.27. The van der Waals surface area contributed by atoms with E-state index < -0.39 is 0 Å². The summed E-state index contributed by atoms with van der Waals surface area (Å²) in [5.74, 6) is 0.499. The van der Waals surface area contributed by atoms with Gasteiger partial charge in [0.05, 0.1) is 10.7 Å². The maximum atomic E-state index is 11.7. The van der Waals surface area contributed by atoms with Crippen LogP contribution in [-0.4, -0.2) is 35.3 Å². The van der Waals surface area contributed by atoms with Gasteiger partial charge >= 0.3 is 6.03 Å². The van der Waals surface area contributed by atoms with Crippen LogP contribution < -0.4 is 10.6 Å². The van der Waals surface area contributed by atoms with Crippen LogP contribution in [0.5, 0.6) is 0 Å². The lowest BCUT2D eigenvalue weighted by Gasteiger charge is -2.19. The SMILES string of the molecule is CC(C)c1nc(CCNC(=O)NC(C)C(C)CO)cs1. The molecule has 0 aliphatic rings. The second-order valence-electron chi connectivity index (χ2n) is 5.43. The third-order valence-electron chi connectivity index (χ3n) is 3.23. The van der Waals surface area contributed by atoms with E-state index in [4.69, 9.17) is 5.11 Å². The zero-order valence-corrected chi connectivity index (χ0v) is 13.5. The van der Waals surface area contributed by atoms with Gasteiger partial charge in [0.15, 0.2) is 0 Å². The highest BCUT2D eigenvalue weighted by molar-refractivity contribution is 7.09.